The van der Waals surface area contributed by atoms with E-state index in [1.54, 1.807) is 39.6 Å². The van der Waals surface area contributed by atoms with Crippen LogP contribution in [0.1, 0.15) is 5.69 Å². The highest BCUT2D eigenvalue weighted by Gasteiger charge is 2.17. The number of aromatic nitrogens is 4. The Kier molecular flexibility index (Phi) is 2.91. The molecule has 0 atom stereocenters. The van der Waals surface area contributed by atoms with E-state index < -0.39 is 0 Å². The van der Waals surface area contributed by atoms with Crippen molar-refractivity contribution in [2.24, 2.45) is 0 Å². The Hall–Kier alpha value is -3.67. The Morgan fingerprint density at radius 2 is 1.81 bits per heavy atom. The van der Waals surface area contributed by atoms with Crippen molar-refractivity contribution >= 4 is 27.6 Å². The number of imidazole rings is 1. The minimum Gasteiger partial charge on any atom is -0.506 e. The average Bonchev–Trinajstić information content (AvgIpc) is 3.02. The van der Waals surface area contributed by atoms with E-state index in [4.69, 9.17) is 4.98 Å². The molecule has 1 aromatic carbocycles. The summed E-state index contributed by atoms with van der Waals surface area (Å²) in [7, 11) is 0. The summed E-state index contributed by atoms with van der Waals surface area (Å²) in [4.78, 5) is 22.3. The molecule has 0 saturated carbocycles. The van der Waals surface area contributed by atoms with Gasteiger partial charge in [0.25, 0.3) is 5.56 Å². The van der Waals surface area contributed by atoms with Crippen molar-refractivity contribution in [3.63, 3.8) is 0 Å². The molecule has 0 aliphatic rings. The first-order valence-electron chi connectivity index (χ1n) is 8.21. The van der Waals surface area contributed by atoms with Crippen LogP contribution in [0, 0.1) is 6.92 Å². The van der Waals surface area contributed by atoms with Crippen LogP contribution in [0.3, 0.4) is 0 Å². The predicted molar refractivity (Wildman–Crippen MR) is 100.0 cm³/mol. The molecule has 0 unspecified atom stereocenters. The van der Waals surface area contributed by atoms with Gasteiger partial charge in [-0.15, -0.1) is 0 Å². The van der Waals surface area contributed by atoms with Gasteiger partial charge in [-0.25, -0.2) is 4.98 Å². The van der Waals surface area contributed by atoms with Crippen molar-refractivity contribution in [2.45, 2.75) is 6.92 Å². The van der Waals surface area contributed by atoms with Gasteiger partial charge < -0.3 is 5.11 Å². The maximum Gasteiger partial charge on any atom is 0.264 e. The lowest BCUT2D eigenvalue weighted by molar-refractivity contribution is 0.472. The summed E-state index contributed by atoms with van der Waals surface area (Å²) < 4.78 is 3.34. The first-order valence-corrected chi connectivity index (χ1v) is 8.21. The number of rotatable bonds is 1. The van der Waals surface area contributed by atoms with Crippen LogP contribution in [0.15, 0.2) is 65.7 Å². The quantitative estimate of drug-likeness (QED) is 0.508. The molecule has 6 nitrogen and oxygen atoms in total. The van der Waals surface area contributed by atoms with Crippen LogP contribution >= 0.6 is 0 Å². The van der Waals surface area contributed by atoms with Gasteiger partial charge in [0.2, 0.25) is 0 Å². The standard InChI is InChI=1S/C20H14N4O2/c1-12-6-7-13(10-21-12)24-19-18(15-4-2-3-5-16(15)20(24)26)22-17-9-8-14(25)11-23(17)19/h2-11,25H,1H3. The molecule has 1 N–H and O–H groups in total. The minimum atomic E-state index is -0.149. The van der Waals surface area contributed by atoms with Gasteiger partial charge in [-0.2, -0.15) is 0 Å². The number of benzene rings is 1. The Labute approximate surface area is 147 Å². The zero-order valence-electron chi connectivity index (χ0n) is 13.9. The van der Waals surface area contributed by atoms with E-state index in [0.717, 1.165) is 11.1 Å². The fraction of sp³-hybridized carbons (Fsp3) is 0.0500. The largest absolute Gasteiger partial charge is 0.506 e. The van der Waals surface area contributed by atoms with Crippen LogP contribution < -0.4 is 5.56 Å². The van der Waals surface area contributed by atoms with E-state index in [1.807, 2.05) is 37.3 Å². The number of aromatic hydroxyl groups is 1. The molecular formula is C20H14N4O2. The van der Waals surface area contributed by atoms with Gasteiger partial charge in [-0.1, -0.05) is 18.2 Å². The second-order valence-corrected chi connectivity index (χ2v) is 6.24. The van der Waals surface area contributed by atoms with Gasteiger partial charge in [-0.05, 0) is 37.3 Å². The van der Waals surface area contributed by atoms with E-state index >= 15 is 0 Å². The van der Waals surface area contributed by atoms with Gasteiger partial charge in [0.05, 0.1) is 18.1 Å². The van der Waals surface area contributed by atoms with Crippen molar-refractivity contribution in [3.05, 3.63) is 77.0 Å². The van der Waals surface area contributed by atoms with Crippen LogP contribution in [-0.4, -0.2) is 24.0 Å². The van der Waals surface area contributed by atoms with E-state index in [2.05, 4.69) is 4.98 Å². The zero-order chi connectivity index (χ0) is 17.8. The Balaban J connectivity index is 2.09. The van der Waals surface area contributed by atoms with Crippen LogP contribution in [0.5, 0.6) is 5.75 Å². The zero-order valence-corrected chi connectivity index (χ0v) is 13.9. The Morgan fingerprint density at radius 3 is 2.58 bits per heavy atom. The van der Waals surface area contributed by atoms with Crippen molar-refractivity contribution < 1.29 is 5.11 Å². The van der Waals surface area contributed by atoms with E-state index in [1.165, 1.54) is 0 Å². The van der Waals surface area contributed by atoms with Gasteiger partial charge in [0.1, 0.15) is 16.9 Å². The normalized spacial score (nSPS) is 11.6. The lowest BCUT2D eigenvalue weighted by atomic mass is 10.1. The molecule has 0 spiro atoms. The maximum absolute atomic E-state index is 13.3. The minimum absolute atomic E-state index is 0.103. The lowest BCUT2D eigenvalue weighted by Crippen LogP contribution is -2.20. The molecular weight excluding hydrogens is 328 g/mol. The van der Waals surface area contributed by atoms with E-state index in [-0.39, 0.29) is 11.3 Å². The molecule has 0 aliphatic carbocycles. The summed E-state index contributed by atoms with van der Waals surface area (Å²) in [6.45, 7) is 1.90. The first-order chi connectivity index (χ1) is 12.6. The van der Waals surface area contributed by atoms with Gasteiger partial charge >= 0.3 is 0 Å². The molecule has 0 amide bonds. The predicted octanol–water partition coefficient (Wildman–Crippen LogP) is 3.20. The number of aryl methyl sites for hydroxylation is 1. The smallest absolute Gasteiger partial charge is 0.264 e. The summed E-state index contributed by atoms with van der Waals surface area (Å²) in [5.74, 6) is 0.103. The molecule has 5 aromatic rings. The molecule has 0 aliphatic heterocycles. The van der Waals surface area contributed by atoms with Crippen molar-refractivity contribution in [1.82, 2.24) is 18.9 Å². The summed E-state index contributed by atoms with van der Waals surface area (Å²) in [6, 6.07) is 14.5. The number of hydrogen-bond acceptors (Lipinski definition) is 4. The molecule has 26 heavy (non-hydrogen) atoms. The van der Waals surface area contributed by atoms with Crippen LogP contribution in [-0.2, 0) is 0 Å². The highest BCUT2D eigenvalue weighted by molar-refractivity contribution is 6.04. The van der Waals surface area contributed by atoms with Crippen LogP contribution in [0.25, 0.3) is 33.3 Å². The summed E-state index contributed by atoms with van der Waals surface area (Å²) in [5, 5.41) is 11.3. The summed E-state index contributed by atoms with van der Waals surface area (Å²) in [6.07, 6.45) is 3.24. The van der Waals surface area contributed by atoms with E-state index in [9.17, 15) is 9.90 Å². The molecule has 0 bridgehead atoms. The Morgan fingerprint density at radius 1 is 1.00 bits per heavy atom. The second-order valence-electron chi connectivity index (χ2n) is 6.24. The second kappa shape index (κ2) is 5.16. The molecule has 4 aromatic heterocycles. The maximum atomic E-state index is 13.3. The number of pyridine rings is 3. The van der Waals surface area contributed by atoms with Gasteiger partial charge in [-0.3, -0.25) is 18.7 Å². The van der Waals surface area contributed by atoms with Crippen molar-refractivity contribution in [2.75, 3.05) is 0 Å². The fourth-order valence-electron chi connectivity index (χ4n) is 3.34. The number of hydrogen-bond donors (Lipinski definition) is 1. The molecule has 0 fully saturated rings. The highest BCUT2D eigenvalue weighted by atomic mass is 16.3. The molecule has 5 rings (SSSR count). The van der Waals surface area contributed by atoms with Crippen LogP contribution in [0.4, 0.5) is 0 Å². The van der Waals surface area contributed by atoms with Crippen molar-refractivity contribution in [3.8, 4) is 11.4 Å². The number of nitrogens with zero attached hydrogens (tertiary/aromatic N) is 4. The van der Waals surface area contributed by atoms with E-state index in [0.29, 0.717) is 27.9 Å². The molecule has 4 heterocycles. The molecule has 126 valence electrons. The third-order valence-electron chi connectivity index (χ3n) is 4.56. The fourth-order valence-corrected chi connectivity index (χ4v) is 3.34. The van der Waals surface area contributed by atoms with Gasteiger partial charge in [0, 0.05) is 16.5 Å². The average molecular weight is 342 g/mol. The third-order valence-corrected chi connectivity index (χ3v) is 4.56. The molecule has 0 radical (unpaired) electrons. The monoisotopic (exact) mass is 342 g/mol. The third kappa shape index (κ3) is 1.96. The first kappa shape index (κ1) is 14.7. The van der Waals surface area contributed by atoms with Gasteiger partial charge in [0.15, 0.2) is 5.65 Å². The van der Waals surface area contributed by atoms with Crippen molar-refractivity contribution in [1.29, 1.82) is 0 Å². The van der Waals surface area contributed by atoms with Crippen LogP contribution in [0.2, 0.25) is 0 Å². The lowest BCUT2D eigenvalue weighted by Gasteiger charge is -2.11. The summed E-state index contributed by atoms with van der Waals surface area (Å²) in [5.41, 5.74) is 3.33. The topological polar surface area (TPSA) is 72.4 Å². The molecule has 6 heteroatoms. The Bertz CT molecular complexity index is 1360. The summed E-state index contributed by atoms with van der Waals surface area (Å²) >= 11 is 0. The molecule has 0 saturated heterocycles. The number of fused-ring (bicyclic) bond motifs is 5. The SMILES string of the molecule is Cc1ccc(-n2c(=O)c3ccccc3c3nc4ccc(O)cn4c32)cn1. The highest BCUT2D eigenvalue weighted by Crippen LogP contribution is 2.26.